The van der Waals surface area contributed by atoms with E-state index in [0.717, 1.165) is 21.5 Å². The summed E-state index contributed by atoms with van der Waals surface area (Å²) >= 11 is 1.33. The number of hydrogen-bond donors (Lipinski definition) is 4. The minimum atomic E-state index is -0.747. The quantitative estimate of drug-likeness (QED) is 0.226. The summed E-state index contributed by atoms with van der Waals surface area (Å²) in [6, 6.07) is 12.8. The molecule has 4 rings (SSSR count). The molecule has 0 atom stereocenters. The molecule has 0 saturated heterocycles. The van der Waals surface area contributed by atoms with Crippen LogP contribution >= 0.6 is 11.3 Å². The lowest BCUT2D eigenvalue weighted by atomic mass is 10.0. The van der Waals surface area contributed by atoms with E-state index in [4.69, 9.17) is 15.9 Å². The van der Waals surface area contributed by atoms with E-state index < -0.39 is 11.7 Å². The van der Waals surface area contributed by atoms with Gasteiger partial charge in [-0.1, -0.05) is 23.5 Å². The van der Waals surface area contributed by atoms with Crippen LogP contribution in [0.5, 0.6) is 11.6 Å². The highest BCUT2D eigenvalue weighted by Gasteiger charge is 2.16. The van der Waals surface area contributed by atoms with Crippen LogP contribution in [0.1, 0.15) is 35.3 Å². The number of aromatic nitrogens is 2. The second kappa shape index (κ2) is 11.2. The molecule has 0 aliphatic carbocycles. The number of amides is 2. The number of halogens is 1. The zero-order valence-electron chi connectivity index (χ0n) is 20.9. The Hall–Kier alpha value is -4.64. The summed E-state index contributed by atoms with van der Waals surface area (Å²) in [6.07, 6.45) is 1.31. The first-order valence-corrected chi connectivity index (χ1v) is 12.3. The first-order valence-electron chi connectivity index (χ1n) is 11.5. The van der Waals surface area contributed by atoms with Crippen LogP contribution in [0.2, 0.25) is 0 Å². The molecule has 38 heavy (non-hydrogen) atoms. The van der Waals surface area contributed by atoms with E-state index in [9.17, 15) is 14.0 Å². The maximum absolute atomic E-state index is 14.7. The zero-order valence-corrected chi connectivity index (χ0v) is 21.7. The Morgan fingerprint density at radius 1 is 1.16 bits per heavy atom. The number of allylic oxidation sites excluding steroid dienone is 1. The van der Waals surface area contributed by atoms with Gasteiger partial charge >= 0.3 is 0 Å². The molecule has 11 heteroatoms. The zero-order chi connectivity index (χ0) is 27.4. The molecule has 4 aromatic rings. The minimum Gasteiger partial charge on any atom is -0.435 e. The van der Waals surface area contributed by atoms with Gasteiger partial charge in [0.05, 0.1) is 16.6 Å². The Morgan fingerprint density at radius 2 is 1.95 bits per heavy atom. The third-order valence-electron chi connectivity index (χ3n) is 5.71. The predicted octanol–water partition coefficient (Wildman–Crippen LogP) is 4.89. The average Bonchev–Trinajstić information content (AvgIpc) is 3.27. The fourth-order valence-corrected chi connectivity index (χ4v) is 4.58. The van der Waals surface area contributed by atoms with Crippen molar-refractivity contribution in [2.75, 3.05) is 12.4 Å². The van der Waals surface area contributed by atoms with Gasteiger partial charge in [0.2, 0.25) is 11.8 Å². The first kappa shape index (κ1) is 26.4. The lowest BCUT2D eigenvalue weighted by Crippen LogP contribution is -2.14. The molecular weight excluding hydrogens is 507 g/mol. The highest BCUT2D eigenvalue weighted by molar-refractivity contribution is 7.22. The fraction of sp³-hybridized carbons (Fsp3) is 0.148. The molecule has 2 aromatic carbocycles. The maximum Gasteiger partial charge on any atom is 0.254 e. The first-order chi connectivity index (χ1) is 18.2. The van der Waals surface area contributed by atoms with E-state index in [2.05, 4.69) is 20.6 Å². The van der Waals surface area contributed by atoms with Crippen molar-refractivity contribution in [1.29, 1.82) is 5.41 Å². The largest absolute Gasteiger partial charge is 0.435 e. The number of rotatable bonds is 9. The number of ether oxygens (including phenoxy) is 1. The highest BCUT2D eigenvalue weighted by atomic mass is 32.1. The van der Waals surface area contributed by atoms with Crippen molar-refractivity contribution in [3.05, 3.63) is 82.8 Å². The number of nitrogens with one attached hydrogen (secondary N) is 3. The maximum atomic E-state index is 14.7. The molecule has 2 aromatic heterocycles. The fourth-order valence-electron chi connectivity index (χ4n) is 3.72. The third kappa shape index (κ3) is 5.84. The lowest BCUT2D eigenvalue weighted by Gasteiger charge is -2.11. The van der Waals surface area contributed by atoms with Gasteiger partial charge in [-0.25, -0.2) is 14.4 Å². The van der Waals surface area contributed by atoms with E-state index in [0.29, 0.717) is 21.9 Å². The molecule has 0 aliphatic rings. The summed E-state index contributed by atoms with van der Waals surface area (Å²) in [4.78, 5) is 32.6. The van der Waals surface area contributed by atoms with Crippen molar-refractivity contribution < 1.29 is 18.7 Å². The van der Waals surface area contributed by atoms with Gasteiger partial charge in [-0.05, 0) is 61.4 Å². The van der Waals surface area contributed by atoms with Crippen LogP contribution in [0.3, 0.4) is 0 Å². The van der Waals surface area contributed by atoms with E-state index in [1.807, 2.05) is 25.1 Å². The summed E-state index contributed by atoms with van der Waals surface area (Å²) in [5.41, 5.74) is 9.48. The molecule has 194 valence electrons. The van der Waals surface area contributed by atoms with Crippen LogP contribution in [0, 0.1) is 11.2 Å². The molecule has 2 heterocycles. The van der Waals surface area contributed by atoms with E-state index in [1.165, 1.54) is 41.8 Å². The second-order valence-electron chi connectivity index (χ2n) is 8.39. The van der Waals surface area contributed by atoms with Gasteiger partial charge in [-0.3, -0.25) is 9.59 Å². The molecule has 0 spiro atoms. The number of benzene rings is 2. The summed E-state index contributed by atoms with van der Waals surface area (Å²) < 4.78 is 21.0. The molecule has 2 amide bonds. The number of fused-ring (bicyclic) bond motifs is 1. The van der Waals surface area contributed by atoms with Crippen LogP contribution in [0.4, 0.5) is 9.52 Å². The summed E-state index contributed by atoms with van der Waals surface area (Å²) in [7, 11) is 1.80. The van der Waals surface area contributed by atoms with Crippen LogP contribution in [-0.2, 0) is 11.2 Å². The number of primary amides is 1. The highest BCUT2D eigenvalue weighted by Crippen LogP contribution is 2.30. The molecule has 0 bridgehead atoms. The lowest BCUT2D eigenvalue weighted by molar-refractivity contribution is -0.115. The van der Waals surface area contributed by atoms with Gasteiger partial charge < -0.3 is 26.5 Å². The molecule has 0 fully saturated rings. The Kier molecular flexibility index (Phi) is 7.77. The minimum absolute atomic E-state index is 0.0245. The number of pyridine rings is 1. The molecule has 5 N–H and O–H groups in total. The Labute approximate surface area is 222 Å². The molecule has 0 aliphatic heterocycles. The number of carbonyl (C=O) groups excluding carboxylic acids is 2. The number of nitrogens with zero attached hydrogens (tertiary/aromatic N) is 2. The number of anilines is 1. The van der Waals surface area contributed by atoms with Crippen molar-refractivity contribution in [2.24, 2.45) is 5.73 Å². The van der Waals surface area contributed by atoms with Crippen LogP contribution in [0.25, 0.3) is 15.9 Å². The monoisotopic (exact) mass is 532 g/mol. The van der Waals surface area contributed by atoms with E-state index >= 15 is 0 Å². The standard InChI is InChI=1S/C27H25FN6O3S/c1-14(15(2)29)24(31-3)17-7-9-22-20(13-17)33-27(38-22)34-23(35)12-16-6-8-21(19(28)11-16)37-26-18(25(30)36)5-4-10-32-26/h4-11,13,29,31H,12H2,1-3H3,(H2,30,36)(H,33,34,35)/b24-14-,29-15?. The Bertz CT molecular complexity index is 1600. The SMILES string of the molecule is CN/C(=C(/C)C(C)=N)c1ccc2sc(NC(=O)Cc3ccc(Oc4ncccc4C(N)=O)c(F)c3)nc2c1. The number of thiazole rings is 1. The van der Waals surface area contributed by atoms with E-state index in [-0.39, 0.29) is 29.5 Å². The van der Waals surface area contributed by atoms with Gasteiger partial charge in [-0.2, -0.15) is 0 Å². The van der Waals surface area contributed by atoms with Crippen molar-refractivity contribution >= 4 is 49.9 Å². The van der Waals surface area contributed by atoms with Gasteiger partial charge in [0.15, 0.2) is 16.7 Å². The van der Waals surface area contributed by atoms with Gasteiger partial charge in [0, 0.05) is 30.2 Å². The smallest absolute Gasteiger partial charge is 0.254 e. The average molecular weight is 533 g/mol. The molecular formula is C27H25FN6O3S. The second-order valence-corrected chi connectivity index (χ2v) is 9.42. The molecule has 0 unspecified atom stereocenters. The normalized spacial score (nSPS) is 11.6. The summed E-state index contributed by atoms with van der Waals surface area (Å²) in [5.74, 6) is -2.08. The Balaban J connectivity index is 1.46. The third-order valence-corrected chi connectivity index (χ3v) is 6.67. The topological polar surface area (TPSA) is 143 Å². The molecule has 9 nitrogen and oxygen atoms in total. The number of nitrogens with two attached hydrogens (primary N) is 1. The van der Waals surface area contributed by atoms with Gasteiger partial charge in [0.25, 0.3) is 5.91 Å². The summed E-state index contributed by atoms with van der Waals surface area (Å²) in [5, 5.41) is 14.2. The Morgan fingerprint density at radius 3 is 2.63 bits per heavy atom. The van der Waals surface area contributed by atoms with Crippen molar-refractivity contribution in [3.8, 4) is 11.6 Å². The van der Waals surface area contributed by atoms with Gasteiger partial charge in [0.1, 0.15) is 5.56 Å². The number of carbonyl (C=O) groups is 2. The van der Waals surface area contributed by atoms with Gasteiger partial charge in [-0.15, -0.1) is 0 Å². The van der Waals surface area contributed by atoms with Crippen molar-refractivity contribution in [1.82, 2.24) is 15.3 Å². The summed E-state index contributed by atoms with van der Waals surface area (Å²) in [6.45, 7) is 3.61. The number of hydrogen-bond acceptors (Lipinski definition) is 8. The predicted molar refractivity (Wildman–Crippen MR) is 146 cm³/mol. The molecule has 0 saturated carbocycles. The van der Waals surface area contributed by atoms with E-state index in [1.54, 1.807) is 20.0 Å². The van der Waals surface area contributed by atoms with Crippen molar-refractivity contribution in [3.63, 3.8) is 0 Å². The van der Waals surface area contributed by atoms with Crippen molar-refractivity contribution in [2.45, 2.75) is 20.3 Å². The molecule has 0 radical (unpaired) electrons. The van der Waals surface area contributed by atoms with Crippen LogP contribution in [0.15, 0.2) is 60.3 Å². The van der Waals surface area contributed by atoms with Crippen LogP contribution < -0.4 is 21.1 Å². The van der Waals surface area contributed by atoms with Crippen LogP contribution in [-0.4, -0.2) is 34.5 Å².